The van der Waals surface area contributed by atoms with Crippen molar-refractivity contribution < 1.29 is 4.74 Å². The molecular formula is C18H19BrN2OS. The molecular weight excluding hydrogens is 372 g/mol. The van der Waals surface area contributed by atoms with Crippen LogP contribution in [0.2, 0.25) is 0 Å². The second-order valence-corrected chi connectivity index (χ2v) is 7.41. The van der Waals surface area contributed by atoms with E-state index < -0.39 is 0 Å². The van der Waals surface area contributed by atoms with Crippen molar-refractivity contribution in [3.63, 3.8) is 0 Å². The fraction of sp³-hybridized carbons (Fsp3) is 0.278. The average molecular weight is 391 g/mol. The van der Waals surface area contributed by atoms with Crippen LogP contribution in [0.5, 0.6) is 5.75 Å². The van der Waals surface area contributed by atoms with Crippen molar-refractivity contribution in [2.45, 2.75) is 23.6 Å². The van der Waals surface area contributed by atoms with E-state index in [0.717, 1.165) is 28.4 Å². The summed E-state index contributed by atoms with van der Waals surface area (Å²) in [5.74, 6) is 2.77. The van der Waals surface area contributed by atoms with Crippen LogP contribution in [0.3, 0.4) is 0 Å². The Morgan fingerprint density at radius 3 is 2.87 bits per heavy atom. The van der Waals surface area contributed by atoms with Crippen molar-refractivity contribution in [1.82, 2.24) is 5.32 Å². The molecule has 2 aromatic rings. The van der Waals surface area contributed by atoms with Crippen LogP contribution in [0, 0.1) is 0 Å². The van der Waals surface area contributed by atoms with Gasteiger partial charge in [0, 0.05) is 32.3 Å². The maximum absolute atomic E-state index is 5.46. The molecule has 0 radical (unpaired) electrons. The smallest absolute Gasteiger partial charge is 0.129 e. The van der Waals surface area contributed by atoms with E-state index in [1.807, 2.05) is 12.1 Å². The Balaban J connectivity index is 1.80. The molecule has 0 bridgehead atoms. The molecule has 1 aliphatic heterocycles. The summed E-state index contributed by atoms with van der Waals surface area (Å²) < 4.78 is 6.53. The number of rotatable bonds is 5. The first-order valence-corrected chi connectivity index (χ1v) is 9.31. The molecule has 0 aliphatic carbocycles. The molecule has 0 fully saturated rings. The molecule has 1 aliphatic rings. The molecule has 0 saturated carbocycles. The van der Waals surface area contributed by atoms with Crippen LogP contribution in [0.4, 0.5) is 0 Å². The van der Waals surface area contributed by atoms with Gasteiger partial charge in [-0.2, -0.15) is 0 Å². The number of nitrogens with zero attached hydrogens (tertiary/aromatic N) is 1. The minimum absolute atomic E-state index is 0.410. The van der Waals surface area contributed by atoms with E-state index >= 15 is 0 Å². The number of benzene rings is 2. The summed E-state index contributed by atoms with van der Waals surface area (Å²) in [5.41, 5.74) is 2.35. The van der Waals surface area contributed by atoms with Crippen LogP contribution < -0.4 is 10.1 Å². The van der Waals surface area contributed by atoms with E-state index in [4.69, 9.17) is 4.74 Å². The van der Waals surface area contributed by atoms with Gasteiger partial charge in [-0.05, 0) is 31.2 Å². The van der Waals surface area contributed by atoms with E-state index in [1.165, 1.54) is 16.0 Å². The van der Waals surface area contributed by atoms with Gasteiger partial charge in [-0.25, -0.2) is 0 Å². The van der Waals surface area contributed by atoms with Crippen molar-refractivity contribution in [2.75, 3.05) is 13.7 Å². The van der Waals surface area contributed by atoms with Gasteiger partial charge >= 0.3 is 0 Å². The van der Waals surface area contributed by atoms with Crippen LogP contribution in [0.25, 0.3) is 0 Å². The molecule has 0 aromatic heterocycles. The number of thioether (sulfide) groups is 1. The lowest BCUT2D eigenvalue weighted by Gasteiger charge is -2.12. The molecule has 2 aromatic carbocycles. The number of aliphatic imine (C=N–C) groups is 1. The van der Waals surface area contributed by atoms with Crippen molar-refractivity contribution >= 4 is 33.5 Å². The van der Waals surface area contributed by atoms with Crippen LogP contribution in [0.1, 0.15) is 18.1 Å². The molecule has 1 atom stereocenters. The van der Waals surface area contributed by atoms with Gasteiger partial charge in [0.2, 0.25) is 0 Å². The molecule has 3 nitrogen and oxygen atoms in total. The fourth-order valence-corrected chi connectivity index (χ4v) is 3.96. The van der Waals surface area contributed by atoms with E-state index in [2.05, 4.69) is 63.5 Å². The van der Waals surface area contributed by atoms with Gasteiger partial charge in [-0.3, -0.25) is 4.99 Å². The Bertz CT molecular complexity index is 733. The SMILES string of the molecule is COc1ccc(Br)cc1CSc1ccccc1C1=NCC(C)N1. The maximum atomic E-state index is 5.46. The highest BCUT2D eigenvalue weighted by Gasteiger charge is 2.17. The molecule has 3 rings (SSSR count). The average Bonchev–Trinajstić information content (AvgIpc) is 2.99. The lowest BCUT2D eigenvalue weighted by molar-refractivity contribution is 0.411. The third kappa shape index (κ3) is 3.90. The largest absolute Gasteiger partial charge is 0.496 e. The molecule has 23 heavy (non-hydrogen) atoms. The van der Waals surface area contributed by atoms with Crippen LogP contribution in [-0.4, -0.2) is 25.5 Å². The van der Waals surface area contributed by atoms with E-state index in [9.17, 15) is 0 Å². The topological polar surface area (TPSA) is 33.6 Å². The zero-order chi connectivity index (χ0) is 16.2. The first-order valence-electron chi connectivity index (χ1n) is 7.53. The van der Waals surface area contributed by atoms with Gasteiger partial charge in [0.05, 0.1) is 13.7 Å². The van der Waals surface area contributed by atoms with Gasteiger partial charge in [-0.15, -0.1) is 11.8 Å². The molecule has 1 N–H and O–H groups in total. The Hall–Kier alpha value is -1.46. The van der Waals surface area contributed by atoms with Crippen LogP contribution in [-0.2, 0) is 5.75 Å². The van der Waals surface area contributed by atoms with Gasteiger partial charge in [-0.1, -0.05) is 34.1 Å². The molecule has 1 unspecified atom stereocenters. The number of hydrogen-bond donors (Lipinski definition) is 1. The zero-order valence-corrected chi connectivity index (χ0v) is 15.6. The van der Waals surface area contributed by atoms with Crippen molar-refractivity contribution in [3.8, 4) is 5.75 Å². The van der Waals surface area contributed by atoms with Gasteiger partial charge in [0.25, 0.3) is 0 Å². The van der Waals surface area contributed by atoms with Crippen LogP contribution >= 0.6 is 27.7 Å². The quantitative estimate of drug-likeness (QED) is 0.763. The Kier molecular flexibility index (Phi) is 5.28. The number of halogens is 1. The first-order chi connectivity index (χ1) is 11.2. The Morgan fingerprint density at radius 2 is 2.13 bits per heavy atom. The first kappa shape index (κ1) is 16.4. The maximum Gasteiger partial charge on any atom is 0.129 e. The van der Waals surface area contributed by atoms with Crippen molar-refractivity contribution in [1.29, 1.82) is 0 Å². The zero-order valence-electron chi connectivity index (χ0n) is 13.2. The van der Waals surface area contributed by atoms with Gasteiger partial charge < -0.3 is 10.1 Å². The van der Waals surface area contributed by atoms with Gasteiger partial charge in [0.1, 0.15) is 11.6 Å². The standard InChI is InChI=1S/C18H19BrN2OS/c1-12-10-20-18(21-12)15-5-3-4-6-17(15)23-11-13-9-14(19)7-8-16(13)22-2/h3-9,12H,10-11H2,1-2H3,(H,20,21). The lowest BCUT2D eigenvalue weighted by atomic mass is 10.2. The predicted octanol–water partition coefficient (Wildman–Crippen LogP) is 4.49. The van der Waals surface area contributed by atoms with E-state index in [-0.39, 0.29) is 0 Å². The Morgan fingerprint density at radius 1 is 1.30 bits per heavy atom. The third-order valence-corrected chi connectivity index (χ3v) is 5.29. The van der Waals surface area contributed by atoms with E-state index in [1.54, 1.807) is 18.9 Å². The van der Waals surface area contributed by atoms with Crippen molar-refractivity contribution in [3.05, 3.63) is 58.1 Å². The molecule has 0 spiro atoms. The molecule has 5 heteroatoms. The lowest BCUT2D eigenvalue weighted by Crippen LogP contribution is -2.28. The van der Waals surface area contributed by atoms with E-state index in [0.29, 0.717) is 6.04 Å². The summed E-state index contributed by atoms with van der Waals surface area (Å²) in [6.07, 6.45) is 0. The number of amidine groups is 1. The summed E-state index contributed by atoms with van der Waals surface area (Å²) in [6.45, 7) is 2.99. The van der Waals surface area contributed by atoms with Crippen molar-refractivity contribution in [2.24, 2.45) is 4.99 Å². The molecule has 1 heterocycles. The summed E-state index contributed by atoms with van der Waals surface area (Å²) >= 11 is 5.34. The highest BCUT2D eigenvalue weighted by atomic mass is 79.9. The summed E-state index contributed by atoms with van der Waals surface area (Å²) in [6, 6.07) is 14.9. The molecule has 0 amide bonds. The summed E-state index contributed by atoms with van der Waals surface area (Å²) in [5, 5.41) is 3.44. The fourth-order valence-electron chi connectivity index (χ4n) is 2.52. The Labute approximate surface area is 149 Å². The minimum atomic E-state index is 0.410. The number of nitrogens with one attached hydrogen (secondary N) is 1. The summed E-state index contributed by atoms with van der Waals surface area (Å²) in [4.78, 5) is 5.84. The number of hydrogen-bond acceptors (Lipinski definition) is 4. The highest BCUT2D eigenvalue weighted by Crippen LogP contribution is 2.32. The predicted molar refractivity (Wildman–Crippen MR) is 101 cm³/mol. The van der Waals surface area contributed by atoms with Gasteiger partial charge in [0.15, 0.2) is 0 Å². The summed E-state index contributed by atoms with van der Waals surface area (Å²) in [7, 11) is 1.71. The second kappa shape index (κ2) is 7.41. The number of ether oxygens (including phenoxy) is 1. The normalized spacial score (nSPS) is 16.8. The molecule has 120 valence electrons. The molecule has 0 saturated heterocycles. The highest BCUT2D eigenvalue weighted by molar-refractivity contribution is 9.10. The number of methoxy groups -OCH3 is 1. The van der Waals surface area contributed by atoms with Crippen LogP contribution in [0.15, 0.2) is 56.8 Å². The monoisotopic (exact) mass is 390 g/mol. The third-order valence-electron chi connectivity index (χ3n) is 3.67. The second-order valence-electron chi connectivity index (χ2n) is 5.48. The minimum Gasteiger partial charge on any atom is -0.496 e.